The number of carbonyl (C=O) groups excluding carboxylic acids is 2. The molecule has 2 aromatic rings. The molecule has 2 fully saturated rings. The van der Waals surface area contributed by atoms with Crippen molar-refractivity contribution in [1.82, 2.24) is 9.47 Å². The second kappa shape index (κ2) is 12.4. The first kappa shape index (κ1) is 27.5. The Hall–Kier alpha value is -3.51. The molecule has 0 bridgehead atoms. The fraction of sp³-hybridized carbons (Fsp3) is 0.500. The molecule has 38 heavy (non-hydrogen) atoms. The standard InChI is InChI=1S/C26H32N4O7S/c1-3-37-25(32)16-24-29(17-23(31)28-8-6-18(2)7-9-28)26(33)22(38-24)15-19-4-5-20(21(14-19)30(34)35)27-10-12-36-13-11-27/h4-5,14-16,18H,3,6-13,17H2,1-2H3/b22-15-,24-16-. The third-order valence-electron chi connectivity index (χ3n) is 6.74. The molecule has 2 saturated heterocycles. The van der Waals surface area contributed by atoms with Crippen molar-refractivity contribution in [3.8, 4) is 0 Å². The summed E-state index contributed by atoms with van der Waals surface area (Å²) in [5.41, 5.74) is 0.463. The van der Waals surface area contributed by atoms with E-state index >= 15 is 0 Å². The maximum absolute atomic E-state index is 13.4. The smallest absolute Gasteiger partial charge is 0.333 e. The van der Waals surface area contributed by atoms with Gasteiger partial charge in [0.2, 0.25) is 5.91 Å². The Kier molecular flexibility index (Phi) is 8.95. The van der Waals surface area contributed by atoms with Gasteiger partial charge in [0.15, 0.2) is 0 Å². The van der Waals surface area contributed by atoms with Crippen LogP contribution in [0, 0.1) is 16.0 Å². The van der Waals surface area contributed by atoms with Crippen LogP contribution in [0.3, 0.4) is 0 Å². The van der Waals surface area contributed by atoms with Crippen molar-refractivity contribution in [2.75, 3.05) is 50.9 Å². The predicted molar refractivity (Wildman–Crippen MR) is 144 cm³/mol. The molecule has 2 aliphatic heterocycles. The summed E-state index contributed by atoms with van der Waals surface area (Å²) in [4.78, 5) is 53.6. The minimum absolute atomic E-state index is 0.0645. The molecule has 4 rings (SSSR count). The van der Waals surface area contributed by atoms with E-state index in [0.717, 1.165) is 24.2 Å². The Bertz CT molecular complexity index is 1370. The first-order valence-electron chi connectivity index (χ1n) is 12.8. The summed E-state index contributed by atoms with van der Waals surface area (Å²) in [7, 11) is 0. The van der Waals surface area contributed by atoms with Gasteiger partial charge in [-0.05, 0) is 43.4 Å². The fourth-order valence-corrected chi connectivity index (χ4v) is 5.60. The average molecular weight is 545 g/mol. The number of ether oxygens (including phenoxy) is 2. The van der Waals surface area contributed by atoms with Crippen molar-refractivity contribution in [2.45, 2.75) is 33.2 Å². The van der Waals surface area contributed by atoms with Gasteiger partial charge in [0.1, 0.15) is 16.9 Å². The third-order valence-corrected chi connectivity index (χ3v) is 7.80. The molecule has 0 spiro atoms. The van der Waals surface area contributed by atoms with Gasteiger partial charge < -0.3 is 19.3 Å². The normalized spacial score (nSPS) is 17.6. The SMILES string of the molecule is CCOC(=O)/C=c1\s/c(=C\c2ccc(N3CCOCC3)c([N+](=O)[O-])c2)c(=O)n1CC(=O)N1CCC(C)CC1. The summed E-state index contributed by atoms with van der Waals surface area (Å²) in [6.07, 6.45) is 4.58. The molecular formula is C26H32N4O7S. The van der Waals surface area contributed by atoms with Gasteiger partial charge in [-0.3, -0.25) is 24.3 Å². The van der Waals surface area contributed by atoms with Gasteiger partial charge in [-0.2, -0.15) is 0 Å². The van der Waals surface area contributed by atoms with Crippen LogP contribution in [0.5, 0.6) is 0 Å². The van der Waals surface area contributed by atoms with Crippen molar-refractivity contribution in [3.05, 3.63) is 53.4 Å². The van der Waals surface area contributed by atoms with Crippen molar-refractivity contribution < 1.29 is 24.0 Å². The van der Waals surface area contributed by atoms with Crippen LogP contribution >= 0.6 is 11.3 Å². The van der Waals surface area contributed by atoms with E-state index in [1.807, 2.05) is 4.90 Å². The molecule has 1 amide bonds. The lowest BCUT2D eigenvalue weighted by molar-refractivity contribution is -0.384. The Morgan fingerprint density at radius 1 is 1.21 bits per heavy atom. The largest absolute Gasteiger partial charge is 0.463 e. The number of likely N-dealkylation sites (tertiary alicyclic amines) is 1. The van der Waals surface area contributed by atoms with Crippen LogP contribution in [0.4, 0.5) is 11.4 Å². The molecule has 0 atom stereocenters. The van der Waals surface area contributed by atoms with E-state index in [1.165, 1.54) is 16.7 Å². The van der Waals surface area contributed by atoms with Crippen molar-refractivity contribution in [3.63, 3.8) is 0 Å². The number of nitrogens with zero attached hydrogens (tertiary/aromatic N) is 4. The summed E-state index contributed by atoms with van der Waals surface area (Å²) >= 11 is 1.04. The van der Waals surface area contributed by atoms with Gasteiger partial charge in [0.05, 0.1) is 35.4 Å². The quantitative estimate of drug-likeness (QED) is 0.288. The second-order valence-electron chi connectivity index (χ2n) is 9.40. The molecule has 3 heterocycles. The van der Waals surface area contributed by atoms with Gasteiger partial charge in [-0.1, -0.05) is 13.0 Å². The minimum atomic E-state index is -0.612. The summed E-state index contributed by atoms with van der Waals surface area (Å²) in [5, 5.41) is 11.8. The molecule has 1 aromatic heterocycles. The Morgan fingerprint density at radius 2 is 1.92 bits per heavy atom. The highest BCUT2D eigenvalue weighted by atomic mass is 32.1. The molecule has 0 aliphatic carbocycles. The van der Waals surface area contributed by atoms with E-state index in [9.17, 15) is 24.5 Å². The Balaban J connectivity index is 1.71. The lowest BCUT2D eigenvalue weighted by atomic mass is 9.99. The van der Waals surface area contributed by atoms with Crippen LogP contribution in [-0.4, -0.2) is 72.3 Å². The molecule has 0 N–H and O–H groups in total. The number of nitro benzene ring substituents is 1. The van der Waals surface area contributed by atoms with Crippen LogP contribution in [0.1, 0.15) is 32.3 Å². The molecule has 12 heteroatoms. The molecular weight excluding hydrogens is 512 g/mol. The van der Waals surface area contributed by atoms with E-state index in [1.54, 1.807) is 30.0 Å². The molecule has 1 aromatic carbocycles. The maximum Gasteiger partial charge on any atom is 0.333 e. The molecule has 11 nitrogen and oxygen atoms in total. The molecule has 204 valence electrons. The number of aromatic nitrogens is 1. The van der Waals surface area contributed by atoms with Crippen LogP contribution in [-0.2, 0) is 25.6 Å². The van der Waals surface area contributed by atoms with Gasteiger partial charge in [0.25, 0.3) is 11.2 Å². The van der Waals surface area contributed by atoms with E-state index < -0.39 is 16.5 Å². The van der Waals surface area contributed by atoms with Gasteiger partial charge in [-0.25, -0.2) is 4.79 Å². The second-order valence-corrected chi connectivity index (χ2v) is 10.5. The number of amides is 1. The topological polar surface area (TPSA) is 124 Å². The summed E-state index contributed by atoms with van der Waals surface area (Å²) in [6, 6.07) is 4.83. The zero-order chi connectivity index (χ0) is 27.2. The molecule has 0 unspecified atom stereocenters. The number of hydrogen-bond acceptors (Lipinski definition) is 9. The minimum Gasteiger partial charge on any atom is -0.463 e. The van der Waals surface area contributed by atoms with Crippen LogP contribution < -0.4 is 19.7 Å². The van der Waals surface area contributed by atoms with E-state index in [2.05, 4.69) is 6.92 Å². The van der Waals surface area contributed by atoms with Gasteiger partial charge in [0, 0.05) is 32.2 Å². The number of hydrogen-bond donors (Lipinski definition) is 0. The van der Waals surface area contributed by atoms with Crippen LogP contribution in [0.25, 0.3) is 12.2 Å². The highest BCUT2D eigenvalue weighted by Gasteiger charge is 2.23. The van der Waals surface area contributed by atoms with E-state index in [-0.39, 0.29) is 33.9 Å². The summed E-state index contributed by atoms with van der Waals surface area (Å²) in [5.74, 6) is -0.248. The first-order chi connectivity index (χ1) is 18.3. The molecule has 0 saturated carbocycles. The molecule has 0 radical (unpaired) electrons. The van der Waals surface area contributed by atoms with E-state index in [0.29, 0.717) is 56.6 Å². The maximum atomic E-state index is 13.4. The predicted octanol–water partition coefficient (Wildman–Crippen LogP) is 1.09. The first-order valence-corrected chi connectivity index (χ1v) is 13.6. The number of anilines is 1. The number of nitro groups is 1. The number of thiazole rings is 1. The van der Waals surface area contributed by atoms with Crippen LogP contribution in [0.15, 0.2) is 23.0 Å². The third kappa shape index (κ3) is 6.48. The highest BCUT2D eigenvalue weighted by molar-refractivity contribution is 7.07. The number of piperidine rings is 1. The lowest BCUT2D eigenvalue weighted by Crippen LogP contribution is -2.43. The van der Waals surface area contributed by atoms with E-state index in [4.69, 9.17) is 9.47 Å². The zero-order valence-electron chi connectivity index (χ0n) is 21.6. The van der Waals surface area contributed by atoms with Crippen molar-refractivity contribution in [1.29, 1.82) is 0 Å². The Labute approximate surface area is 223 Å². The Morgan fingerprint density at radius 3 is 2.58 bits per heavy atom. The lowest BCUT2D eigenvalue weighted by Gasteiger charge is -2.30. The van der Waals surface area contributed by atoms with Crippen molar-refractivity contribution >= 4 is 46.7 Å². The highest BCUT2D eigenvalue weighted by Crippen LogP contribution is 2.30. The zero-order valence-corrected chi connectivity index (χ0v) is 22.4. The number of esters is 1. The number of rotatable bonds is 7. The summed E-state index contributed by atoms with van der Waals surface area (Å²) in [6.45, 7) is 7.17. The number of morpholine rings is 1. The molecule has 2 aliphatic rings. The van der Waals surface area contributed by atoms with Gasteiger partial charge >= 0.3 is 5.97 Å². The number of carbonyl (C=O) groups is 2. The fourth-order valence-electron chi connectivity index (χ4n) is 4.57. The average Bonchev–Trinajstić information content (AvgIpc) is 3.18. The number of benzene rings is 1. The monoisotopic (exact) mass is 544 g/mol. The van der Waals surface area contributed by atoms with Crippen molar-refractivity contribution in [2.24, 2.45) is 5.92 Å². The summed E-state index contributed by atoms with van der Waals surface area (Å²) < 4.78 is 12.2. The van der Waals surface area contributed by atoms with Gasteiger partial charge in [-0.15, -0.1) is 11.3 Å². The van der Waals surface area contributed by atoms with Crippen LogP contribution in [0.2, 0.25) is 0 Å².